The van der Waals surface area contributed by atoms with Crippen molar-refractivity contribution in [3.05, 3.63) is 0 Å². The van der Waals surface area contributed by atoms with Crippen LogP contribution in [0.1, 0.15) is 107 Å². The summed E-state index contributed by atoms with van der Waals surface area (Å²) in [6.45, 7) is 16.3. The van der Waals surface area contributed by atoms with Gasteiger partial charge < -0.3 is 40.7 Å². The van der Waals surface area contributed by atoms with Gasteiger partial charge in [-0.15, -0.1) is 0 Å². The Morgan fingerprint density at radius 3 is 2.00 bits per heavy atom. The number of nitrogens with one attached hydrogen (secondary N) is 4. The predicted octanol–water partition coefficient (Wildman–Crippen LogP) is 1.64. The average Bonchev–Trinajstić information content (AvgIpc) is 3.47. The first-order chi connectivity index (χ1) is 21.3. The number of ether oxygens (including phenoxy) is 2. The zero-order valence-electron chi connectivity index (χ0n) is 29.0. The van der Waals surface area contributed by atoms with Crippen molar-refractivity contribution in [2.45, 2.75) is 136 Å². The lowest BCUT2D eigenvalue weighted by Crippen LogP contribution is -2.54. The molecule has 0 aliphatic carbocycles. The Kier molecular flexibility index (Phi) is 16.6. The molecule has 264 valence electrons. The van der Waals surface area contributed by atoms with Gasteiger partial charge in [0.2, 0.25) is 29.5 Å². The van der Waals surface area contributed by atoms with Crippen molar-refractivity contribution in [3.8, 4) is 0 Å². The number of hydrogen-bond acceptors (Lipinski definition) is 8. The summed E-state index contributed by atoms with van der Waals surface area (Å²) in [6.07, 6.45) is 1.84. The molecular formula is C32H57N5O9. The summed E-state index contributed by atoms with van der Waals surface area (Å²) in [6, 6.07) is -2.06. The maximum atomic E-state index is 13.1. The fraction of sp³-hybridized carbons (Fsp3) is 0.812. The Labute approximate surface area is 273 Å². The van der Waals surface area contributed by atoms with E-state index in [1.165, 1.54) is 0 Å². The minimum atomic E-state index is -1.19. The molecule has 5 amide bonds. The van der Waals surface area contributed by atoms with Crippen LogP contribution < -0.4 is 21.3 Å². The molecule has 14 heteroatoms. The van der Waals surface area contributed by atoms with E-state index >= 15 is 0 Å². The van der Waals surface area contributed by atoms with Crippen LogP contribution in [-0.2, 0) is 38.2 Å². The zero-order valence-corrected chi connectivity index (χ0v) is 29.0. The molecule has 0 aromatic rings. The summed E-state index contributed by atoms with van der Waals surface area (Å²) in [5.74, 6) is -3.15. The van der Waals surface area contributed by atoms with Crippen LogP contribution in [0.2, 0.25) is 0 Å². The van der Waals surface area contributed by atoms with Crippen LogP contribution in [0.15, 0.2) is 0 Å². The summed E-state index contributed by atoms with van der Waals surface area (Å²) >= 11 is 0. The van der Waals surface area contributed by atoms with Crippen molar-refractivity contribution in [3.63, 3.8) is 0 Å². The molecular weight excluding hydrogens is 598 g/mol. The van der Waals surface area contributed by atoms with Gasteiger partial charge in [-0.25, -0.2) is 0 Å². The summed E-state index contributed by atoms with van der Waals surface area (Å²) in [5, 5.41) is 20.4. The Morgan fingerprint density at radius 1 is 0.826 bits per heavy atom. The quantitative estimate of drug-likeness (QED) is 0.114. The van der Waals surface area contributed by atoms with E-state index in [9.17, 15) is 33.9 Å². The molecule has 1 aliphatic rings. The van der Waals surface area contributed by atoms with E-state index in [1.807, 2.05) is 20.8 Å². The second-order valence-corrected chi connectivity index (χ2v) is 13.7. The molecule has 0 radical (unpaired) electrons. The van der Waals surface area contributed by atoms with Crippen molar-refractivity contribution in [2.24, 2.45) is 0 Å². The smallest absolute Gasteiger partial charge is 0.305 e. The number of hydrogen-bond donors (Lipinski definition) is 5. The second kappa shape index (κ2) is 18.8. The molecule has 5 N–H and O–H groups in total. The number of carboxylic acid groups (broad SMARTS) is 1. The number of likely N-dealkylation sites (tertiary alicyclic amines) is 1. The molecule has 14 nitrogen and oxygen atoms in total. The first-order valence-electron chi connectivity index (χ1n) is 16.2. The molecule has 46 heavy (non-hydrogen) atoms. The van der Waals surface area contributed by atoms with E-state index in [-0.39, 0.29) is 50.0 Å². The number of carbonyl (C=O) groups is 6. The third-order valence-electron chi connectivity index (χ3n) is 7.49. The van der Waals surface area contributed by atoms with Gasteiger partial charge in [-0.3, -0.25) is 28.8 Å². The van der Waals surface area contributed by atoms with Crippen LogP contribution in [0.25, 0.3) is 0 Å². The number of aliphatic carboxylic acids is 1. The number of nitrogens with zero attached hydrogens (tertiary/aromatic N) is 1. The first-order valence-corrected chi connectivity index (χ1v) is 16.2. The van der Waals surface area contributed by atoms with Crippen molar-refractivity contribution in [1.29, 1.82) is 0 Å². The highest BCUT2D eigenvalue weighted by Crippen LogP contribution is 2.19. The number of carbonyl (C=O) groups excluding carboxylic acids is 5. The minimum absolute atomic E-state index is 0.0350. The lowest BCUT2D eigenvalue weighted by Gasteiger charge is -2.33. The van der Waals surface area contributed by atoms with E-state index in [0.29, 0.717) is 32.7 Å². The molecule has 1 saturated heterocycles. The second-order valence-electron chi connectivity index (χ2n) is 13.7. The first kappa shape index (κ1) is 40.8. The van der Waals surface area contributed by atoms with E-state index in [1.54, 1.807) is 39.5 Å². The van der Waals surface area contributed by atoms with Gasteiger partial charge in [0.1, 0.15) is 12.1 Å². The van der Waals surface area contributed by atoms with E-state index < -0.39 is 53.0 Å². The minimum Gasteiger partial charge on any atom is -0.481 e. The highest BCUT2D eigenvalue weighted by molar-refractivity contribution is 5.91. The third-order valence-corrected chi connectivity index (χ3v) is 7.49. The Morgan fingerprint density at radius 2 is 1.43 bits per heavy atom. The number of rotatable bonds is 21. The Hall–Kier alpha value is -3.26. The van der Waals surface area contributed by atoms with E-state index in [2.05, 4.69) is 21.3 Å². The summed E-state index contributed by atoms with van der Waals surface area (Å²) < 4.78 is 11.4. The van der Waals surface area contributed by atoms with Crippen molar-refractivity contribution in [1.82, 2.24) is 26.2 Å². The summed E-state index contributed by atoms with van der Waals surface area (Å²) in [5.41, 5.74) is -2.43. The molecule has 1 unspecified atom stereocenters. The molecule has 0 spiro atoms. The van der Waals surface area contributed by atoms with Crippen LogP contribution in [0.4, 0.5) is 0 Å². The molecule has 1 heterocycles. The largest absolute Gasteiger partial charge is 0.481 e. The molecule has 0 aromatic heterocycles. The summed E-state index contributed by atoms with van der Waals surface area (Å²) in [4.78, 5) is 76.6. The van der Waals surface area contributed by atoms with Gasteiger partial charge in [0.05, 0.1) is 30.6 Å². The molecule has 1 aliphatic heterocycles. The van der Waals surface area contributed by atoms with Crippen LogP contribution in [0.5, 0.6) is 0 Å². The molecule has 1 fully saturated rings. The van der Waals surface area contributed by atoms with Crippen molar-refractivity contribution in [2.75, 3.05) is 32.9 Å². The van der Waals surface area contributed by atoms with Gasteiger partial charge in [-0.2, -0.15) is 0 Å². The normalized spacial score (nSPS) is 15.1. The van der Waals surface area contributed by atoms with Crippen molar-refractivity contribution < 1.29 is 43.3 Å². The molecule has 0 bridgehead atoms. The fourth-order valence-corrected chi connectivity index (χ4v) is 4.86. The molecule has 0 aromatic carbocycles. The maximum absolute atomic E-state index is 13.1. The number of carboxylic acids is 1. The topological polar surface area (TPSA) is 192 Å². The molecule has 0 saturated carbocycles. The fourth-order valence-electron chi connectivity index (χ4n) is 4.86. The van der Waals surface area contributed by atoms with E-state index in [4.69, 9.17) is 9.47 Å². The molecule has 1 rings (SSSR count). The van der Waals surface area contributed by atoms with Gasteiger partial charge in [0, 0.05) is 44.7 Å². The van der Waals surface area contributed by atoms with Crippen LogP contribution in [-0.4, -0.2) is 107 Å². The predicted molar refractivity (Wildman–Crippen MR) is 172 cm³/mol. The van der Waals surface area contributed by atoms with Crippen LogP contribution >= 0.6 is 0 Å². The van der Waals surface area contributed by atoms with Gasteiger partial charge in [-0.1, -0.05) is 6.92 Å². The number of amides is 5. The average molecular weight is 656 g/mol. The maximum Gasteiger partial charge on any atom is 0.305 e. The Balaban J connectivity index is 2.70. The van der Waals surface area contributed by atoms with Crippen LogP contribution in [0, 0.1) is 0 Å². The van der Waals surface area contributed by atoms with Gasteiger partial charge in [0.25, 0.3) is 0 Å². The summed E-state index contributed by atoms with van der Waals surface area (Å²) in [7, 11) is 0. The van der Waals surface area contributed by atoms with Gasteiger partial charge in [-0.05, 0) is 74.1 Å². The lowest BCUT2D eigenvalue weighted by atomic mass is 9.99. The monoisotopic (exact) mass is 655 g/mol. The zero-order chi connectivity index (χ0) is 35.1. The van der Waals surface area contributed by atoms with Crippen LogP contribution in [0.3, 0.4) is 0 Å². The molecule has 2 atom stereocenters. The highest BCUT2D eigenvalue weighted by atomic mass is 16.5. The Bertz CT molecular complexity index is 1050. The third kappa shape index (κ3) is 16.3. The lowest BCUT2D eigenvalue weighted by molar-refractivity contribution is -0.144. The standard InChI is InChI=1S/C32H57N5O9/c1-9-24(38)33-22(28(43)36-30(3,4)15-18-45-10-2)13-14-25(39)35-31(5,6)21-46-32(7,8)20-26(40)34-23(19-27(41)42)29(44)37-16-11-12-17-37/h22-23H,9-21H2,1-8H3,(H,33,38)(H,34,40)(H,35,39)(H,36,43)(H,41,42)/t22?,23-/m1/s1. The highest BCUT2D eigenvalue weighted by Gasteiger charge is 2.33. The van der Waals surface area contributed by atoms with Crippen molar-refractivity contribution >= 4 is 35.5 Å². The van der Waals surface area contributed by atoms with Gasteiger partial charge >= 0.3 is 5.97 Å². The van der Waals surface area contributed by atoms with E-state index in [0.717, 1.165) is 12.8 Å². The van der Waals surface area contributed by atoms with Gasteiger partial charge in [0.15, 0.2) is 0 Å². The SMILES string of the molecule is CCOCCC(C)(C)NC(=O)C(CCC(=O)NC(C)(C)COC(C)(C)CC(=O)N[C@H](CC(=O)O)C(=O)N1CCCC1)NC(=O)CC.